The van der Waals surface area contributed by atoms with Crippen molar-refractivity contribution in [3.63, 3.8) is 0 Å². The Morgan fingerprint density at radius 1 is 1.29 bits per heavy atom. The summed E-state index contributed by atoms with van der Waals surface area (Å²) in [5, 5.41) is 2.72. The van der Waals surface area contributed by atoms with Crippen molar-refractivity contribution in [3.8, 4) is 0 Å². The van der Waals surface area contributed by atoms with Gasteiger partial charge in [-0.25, -0.2) is 0 Å². The Hall–Kier alpha value is -1.29. The minimum absolute atomic E-state index is 0.0132. The predicted molar refractivity (Wildman–Crippen MR) is 69.2 cm³/mol. The van der Waals surface area contributed by atoms with Crippen molar-refractivity contribution in [2.45, 2.75) is 6.42 Å². The number of benzene rings is 1. The summed E-state index contributed by atoms with van der Waals surface area (Å²) >= 11 is 1.80. The zero-order valence-electron chi connectivity index (χ0n) is 9.52. The Morgan fingerprint density at radius 2 is 2.06 bits per heavy atom. The van der Waals surface area contributed by atoms with E-state index in [9.17, 15) is 9.59 Å². The first kappa shape index (κ1) is 12.2. The summed E-state index contributed by atoms with van der Waals surface area (Å²) in [5.41, 5.74) is 0.647. The Labute approximate surface area is 105 Å². The third-order valence-corrected chi connectivity index (χ3v) is 3.98. The number of hydrogen-bond acceptors (Lipinski definition) is 3. The number of amides is 1. The molecule has 0 saturated carbocycles. The summed E-state index contributed by atoms with van der Waals surface area (Å²) in [7, 11) is 0. The van der Waals surface area contributed by atoms with E-state index < -0.39 is 0 Å². The van der Waals surface area contributed by atoms with Gasteiger partial charge in [0.1, 0.15) is 0 Å². The second kappa shape index (κ2) is 5.87. The van der Waals surface area contributed by atoms with Gasteiger partial charge in [0, 0.05) is 17.2 Å². The van der Waals surface area contributed by atoms with Crippen LogP contribution >= 0.6 is 11.8 Å². The zero-order chi connectivity index (χ0) is 12.1. The maximum atomic E-state index is 11.7. The predicted octanol–water partition coefficient (Wildman–Crippen LogP) is 1.74. The van der Waals surface area contributed by atoms with Gasteiger partial charge in [-0.2, -0.15) is 11.8 Å². The van der Waals surface area contributed by atoms with Crippen LogP contribution in [0.1, 0.15) is 16.8 Å². The highest BCUT2D eigenvalue weighted by molar-refractivity contribution is 7.99. The molecular formula is C13H15NO2S. The van der Waals surface area contributed by atoms with Gasteiger partial charge in [0.05, 0.1) is 6.54 Å². The van der Waals surface area contributed by atoms with Crippen LogP contribution in [0.25, 0.3) is 0 Å². The summed E-state index contributed by atoms with van der Waals surface area (Å²) in [5.74, 6) is 1.99. The van der Waals surface area contributed by atoms with Crippen molar-refractivity contribution in [2.75, 3.05) is 18.1 Å². The fourth-order valence-corrected chi connectivity index (χ4v) is 3.00. The van der Waals surface area contributed by atoms with E-state index in [-0.39, 0.29) is 24.2 Å². The first-order valence-corrected chi connectivity index (χ1v) is 6.86. The summed E-state index contributed by atoms with van der Waals surface area (Å²) in [6, 6.07) is 9.04. The molecule has 1 fully saturated rings. The summed E-state index contributed by atoms with van der Waals surface area (Å²) in [6.45, 7) is 0.101. The van der Waals surface area contributed by atoms with E-state index in [1.165, 1.54) is 0 Å². The van der Waals surface area contributed by atoms with E-state index >= 15 is 0 Å². The minimum Gasteiger partial charge on any atom is -0.348 e. The van der Waals surface area contributed by atoms with Gasteiger partial charge in [0.15, 0.2) is 5.78 Å². The number of Topliss-reactive ketones (excluding diaryl/α,β-unsaturated/α-hetero) is 1. The normalized spacial score (nSPS) is 18.9. The van der Waals surface area contributed by atoms with Crippen molar-refractivity contribution in [2.24, 2.45) is 5.92 Å². The average Bonchev–Trinajstić information content (AvgIpc) is 2.90. The highest BCUT2D eigenvalue weighted by Gasteiger charge is 2.23. The SMILES string of the molecule is O=C(CNC(=O)C1CCSC1)c1ccccc1. The van der Waals surface area contributed by atoms with Crippen LogP contribution in [0.2, 0.25) is 0 Å². The summed E-state index contributed by atoms with van der Waals surface area (Å²) in [4.78, 5) is 23.4. The van der Waals surface area contributed by atoms with Crippen molar-refractivity contribution >= 4 is 23.5 Å². The molecular weight excluding hydrogens is 234 g/mol. The molecule has 1 aromatic rings. The molecule has 2 rings (SSSR count). The molecule has 1 amide bonds. The Balaban J connectivity index is 1.82. The molecule has 3 nitrogen and oxygen atoms in total. The molecule has 0 spiro atoms. The smallest absolute Gasteiger partial charge is 0.224 e. The molecule has 1 aliphatic rings. The molecule has 4 heteroatoms. The van der Waals surface area contributed by atoms with E-state index in [4.69, 9.17) is 0 Å². The molecule has 0 bridgehead atoms. The molecule has 1 saturated heterocycles. The molecule has 90 valence electrons. The lowest BCUT2D eigenvalue weighted by molar-refractivity contribution is -0.124. The second-order valence-electron chi connectivity index (χ2n) is 4.07. The maximum absolute atomic E-state index is 11.7. The number of hydrogen-bond donors (Lipinski definition) is 1. The fourth-order valence-electron chi connectivity index (χ4n) is 1.78. The first-order valence-electron chi connectivity index (χ1n) is 5.71. The van der Waals surface area contributed by atoms with Crippen LogP contribution in [0.3, 0.4) is 0 Å². The van der Waals surface area contributed by atoms with E-state index in [2.05, 4.69) is 5.32 Å². The van der Waals surface area contributed by atoms with Crippen LogP contribution < -0.4 is 5.32 Å². The molecule has 1 heterocycles. The van der Waals surface area contributed by atoms with Gasteiger partial charge in [-0.3, -0.25) is 9.59 Å². The molecule has 0 aromatic heterocycles. The summed E-state index contributed by atoms with van der Waals surface area (Å²) in [6.07, 6.45) is 0.927. The van der Waals surface area contributed by atoms with Crippen LogP contribution in [0.4, 0.5) is 0 Å². The largest absolute Gasteiger partial charge is 0.348 e. The van der Waals surface area contributed by atoms with Crippen LogP contribution in [0.5, 0.6) is 0 Å². The first-order chi connectivity index (χ1) is 8.27. The molecule has 1 unspecified atom stereocenters. The van der Waals surface area contributed by atoms with Gasteiger partial charge in [0.25, 0.3) is 0 Å². The van der Waals surface area contributed by atoms with Gasteiger partial charge in [-0.05, 0) is 12.2 Å². The second-order valence-corrected chi connectivity index (χ2v) is 5.22. The number of thioether (sulfide) groups is 1. The monoisotopic (exact) mass is 249 g/mol. The maximum Gasteiger partial charge on any atom is 0.224 e. The minimum atomic E-state index is -0.0374. The van der Waals surface area contributed by atoms with Gasteiger partial charge in [0.2, 0.25) is 5.91 Å². The Morgan fingerprint density at radius 3 is 2.71 bits per heavy atom. The van der Waals surface area contributed by atoms with E-state index in [0.29, 0.717) is 5.56 Å². The highest BCUT2D eigenvalue weighted by atomic mass is 32.2. The Kier molecular flexibility index (Phi) is 4.20. The molecule has 1 aromatic carbocycles. The number of rotatable bonds is 4. The average molecular weight is 249 g/mol. The molecule has 1 atom stereocenters. The van der Waals surface area contributed by atoms with E-state index in [1.807, 2.05) is 18.2 Å². The zero-order valence-corrected chi connectivity index (χ0v) is 10.3. The standard InChI is InChI=1S/C13H15NO2S/c15-12(10-4-2-1-3-5-10)8-14-13(16)11-6-7-17-9-11/h1-5,11H,6-9H2,(H,14,16). The third-order valence-electron chi connectivity index (χ3n) is 2.82. The topological polar surface area (TPSA) is 46.2 Å². The number of nitrogens with one attached hydrogen (secondary N) is 1. The molecule has 0 radical (unpaired) electrons. The fraction of sp³-hybridized carbons (Fsp3) is 0.385. The number of ketones is 1. The lowest BCUT2D eigenvalue weighted by Crippen LogP contribution is -2.34. The third kappa shape index (κ3) is 3.33. The van der Waals surface area contributed by atoms with Crippen molar-refractivity contribution in [3.05, 3.63) is 35.9 Å². The van der Waals surface area contributed by atoms with Crippen LogP contribution in [0, 0.1) is 5.92 Å². The number of carbonyl (C=O) groups is 2. The molecule has 17 heavy (non-hydrogen) atoms. The van der Waals surface area contributed by atoms with Crippen LogP contribution in [0.15, 0.2) is 30.3 Å². The van der Waals surface area contributed by atoms with E-state index in [0.717, 1.165) is 17.9 Å². The quantitative estimate of drug-likeness (QED) is 0.827. The van der Waals surface area contributed by atoms with Crippen LogP contribution in [-0.4, -0.2) is 29.7 Å². The molecule has 1 aliphatic heterocycles. The highest BCUT2D eigenvalue weighted by Crippen LogP contribution is 2.23. The van der Waals surface area contributed by atoms with Gasteiger partial charge in [-0.1, -0.05) is 30.3 Å². The van der Waals surface area contributed by atoms with Gasteiger partial charge >= 0.3 is 0 Å². The summed E-state index contributed by atoms with van der Waals surface area (Å²) < 4.78 is 0. The lowest BCUT2D eigenvalue weighted by Gasteiger charge is -2.09. The van der Waals surface area contributed by atoms with Gasteiger partial charge < -0.3 is 5.32 Å². The lowest BCUT2D eigenvalue weighted by atomic mass is 10.1. The van der Waals surface area contributed by atoms with Crippen molar-refractivity contribution < 1.29 is 9.59 Å². The van der Waals surface area contributed by atoms with Crippen molar-refractivity contribution in [1.29, 1.82) is 0 Å². The molecule has 1 N–H and O–H groups in total. The molecule has 0 aliphatic carbocycles. The van der Waals surface area contributed by atoms with Crippen molar-refractivity contribution in [1.82, 2.24) is 5.32 Å². The number of carbonyl (C=O) groups excluding carboxylic acids is 2. The van der Waals surface area contributed by atoms with E-state index in [1.54, 1.807) is 23.9 Å². The van der Waals surface area contributed by atoms with Crippen LogP contribution in [-0.2, 0) is 4.79 Å². The Bertz CT molecular complexity index is 399. The van der Waals surface area contributed by atoms with Gasteiger partial charge in [-0.15, -0.1) is 0 Å².